The normalized spacial score (nSPS) is 22.5. The molecule has 134 valence electrons. The van der Waals surface area contributed by atoms with E-state index in [2.05, 4.69) is 47.9 Å². The predicted octanol–water partition coefficient (Wildman–Crippen LogP) is 3.52. The fourth-order valence-corrected chi connectivity index (χ4v) is 3.86. The summed E-state index contributed by atoms with van der Waals surface area (Å²) < 4.78 is 0. The predicted molar refractivity (Wildman–Crippen MR) is 106 cm³/mol. The average Bonchev–Trinajstić information content (AvgIpc) is 3.37. The SMILES string of the molecule is CC1=NC(c2ccc(C#N)cc2C2CC2)=CC(NCCC2=CCNC2)C1. The van der Waals surface area contributed by atoms with E-state index in [9.17, 15) is 5.26 Å². The first kappa shape index (κ1) is 17.2. The van der Waals surface area contributed by atoms with Crippen LogP contribution in [0.1, 0.15) is 55.2 Å². The number of hydrogen-bond donors (Lipinski definition) is 2. The summed E-state index contributed by atoms with van der Waals surface area (Å²) in [6.07, 6.45) is 9.10. The van der Waals surface area contributed by atoms with Crippen molar-refractivity contribution in [1.29, 1.82) is 5.26 Å². The average molecular weight is 346 g/mol. The first-order valence-corrected chi connectivity index (χ1v) is 9.65. The largest absolute Gasteiger partial charge is 0.310 e. The van der Waals surface area contributed by atoms with Crippen molar-refractivity contribution in [1.82, 2.24) is 10.6 Å². The van der Waals surface area contributed by atoms with Gasteiger partial charge in [-0.15, -0.1) is 0 Å². The van der Waals surface area contributed by atoms with Gasteiger partial charge in [0.15, 0.2) is 0 Å². The van der Waals surface area contributed by atoms with Gasteiger partial charge < -0.3 is 10.6 Å². The molecule has 4 heteroatoms. The smallest absolute Gasteiger partial charge is 0.0991 e. The molecule has 1 aromatic carbocycles. The molecule has 0 bridgehead atoms. The van der Waals surface area contributed by atoms with Crippen LogP contribution in [-0.4, -0.2) is 31.4 Å². The quantitative estimate of drug-likeness (QED) is 0.775. The molecule has 1 aromatic rings. The Kier molecular flexibility index (Phi) is 5.01. The number of nitrogens with one attached hydrogen (secondary N) is 2. The van der Waals surface area contributed by atoms with Gasteiger partial charge in [0.1, 0.15) is 0 Å². The molecule has 0 saturated heterocycles. The third-order valence-electron chi connectivity index (χ3n) is 5.40. The molecule has 26 heavy (non-hydrogen) atoms. The number of rotatable bonds is 6. The van der Waals surface area contributed by atoms with Crippen molar-refractivity contribution in [3.8, 4) is 6.07 Å². The minimum absolute atomic E-state index is 0.333. The van der Waals surface area contributed by atoms with Crippen molar-refractivity contribution in [2.75, 3.05) is 19.6 Å². The van der Waals surface area contributed by atoms with Gasteiger partial charge in [-0.05, 0) is 62.4 Å². The molecule has 2 aliphatic heterocycles. The summed E-state index contributed by atoms with van der Waals surface area (Å²) in [7, 11) is 0. The Balaban J connectivity index is 1.51. The van der Waals surface area contributed by atoms with Crippen molar-refractivity contribution < 1.29 is 0 Å². The monoisotopic (exact) mass is 346 g/mol. The summed E-state index contributed by atoms with van der Waals surface area (Å²) in [6, 6.07) is 8.68. The maximum absolute atomic E-state index is 9.23. The number of hydrogen-bond acceptors (Lipinski definition) is 4. The highest BCUT2D eigenvalue weighted by atomic mass is 14.9. The van der Waals surface area contributed by atoms with E-state index in [0.29, 0.717) is 12.0 Å². The lowest BCUT2D eigenvalue weighted by molar-refractivity contribution is 0.601. The summed E-state index contributed by atoms with van der Waals surface area (Å²) >= 11 is 0. The van der Waals surface area contributed by atoms with Crippen LogP contribution in [0.5, 0.6) is 0 Å². The Bertz CT molecular complexity index is 821. The standard InChI is InChI=1S/C22H26N4/c1-15-10-19(25-9-7-16-6-8-24-14-16)12-22(26-15)20-5-2-17(13-23)11-21(20)18-3-4-18/h2,5-6,11-12,18-19,24-25H,3-4,7-10,14H2,1H3. The molecule has 2 N–H and O–H groups in total. The van der Waals surface area contributed by atoms with Crippen LogP contribution in [0.3, 0.4) is 0 Å². The van der Waals surface area contributed by atoms with E-state index < -0.39 is 0 Å². The second-order valence-electron chi connectivity index (χ2n) is 7.60. The minimum atomic E-state index is 0.333. The molecule has 2 heterocycles. The fraction of sp³-hybridized carbons (Fsp3) is 0.455. The van der Waals surface area contributed by atoms with E-state index in [-0.39, 0.29) is 0 Å². The van der Waals surface area contributed by atoms with Gasteiger partial charge in [0.2, 0.25) is 0 Å². The second-order valence-corrected chi connectivity index (χ2v) is 7.60. The molecule has 1 atom stereocenters. The molecule has 4 rings (SSSR count). The molecular weight excluding hydrogens is 320 g/mol. The van der Waals surface area contributed by atoms with E-state index >= 15 is 0 Å². The van der Waals surface area contributed by atoms with Crippen molar-refractivity contribution in [3.63, 3.8) is 0 Å². The number of nitriles is 1. The van der Waals surface area contributed by atoms with Crippen LogP contribution in [0.15, 0.2) is 40.9 Å². The molecule has 1 saturated carbocycles. The molecule has 3 aliphatic rings. The maximum atomic E-state index is 9.23. The fourth-order valence-electron chi connectivity index (χ4n) is 3.86. The third-order valence-corrected chi connectivity index (χ3v) is 5.40. The molecule has 0 aromatic heterocycles. The summed E-state index contributed by atoms with van der Waals surface area (Å²) in [4.78, 5) is 4.85. The Labute approximate surface area is 155 Å². The molecule has 1 fully saturated rings. The molecule has 0 radical (unpaired) electrons. The van der Waals surface area contributed by atoms with Crippen molar-refractivity contribution in [2.24, 2.45) is 4.99 Å². The van der Waals surface area contributed by atoms with Crippen LogP contribution in [0.25, 0.3) is 5.70 Å². The molecular formula is C22H26N4. The van der Waals surface area contributed by atoms with E-state index in [4.69, 9.17) is 4.99 Å². The molecule has 0 amide bonds. The lowest BCUT2D eigenvalue weighted by Crippen LogP contribution is -2.32. The highest BCUT2D eigenvalue weighted by Crippen LogP contribution is 2.44. The van der Waals surface area contributed by atoms with Gasteiger partial charge in [0, 0.05) is 36.8 Å². The topological polar surface area (TPSA) is 60.2 Å². The highest BCUT2D eigenvalue weighted by Gasteiger charge is 2.28. The maximum Gasteiger partial charge on any atom is 0.0991 e. The van der Waals surface area contributed by atoms with Crippen LogP contribution in [0.4, 0.5) is 0 Å². The Hall–Kier alpha value is -2.22. The van der Waals surface area contributed by atoms with Crippen molar-refractivity contribution in [3.05, 3.63) is 52.6 Å². The van der Waals surface area contributed by atoms with Gasteiger partial charge in [-0.3, -0.25) is 4.99 Å². The Morgan fingerprint density at radius 3 is 2.96 bits per heavy atom. The van der Waals surface area contributed by atoms with E-state index in [1.165, 1.54) is 35.3 Å². The second kappa shape index (κ2) is 7.57. The number of benzene rings is 1. The third kappa shape index (κ3) is 3.95. The first-order chi connectivity index (χ1) is 12.7. The van der Waals surface area contributed by atoms with E-state index in [0.717, 1.165) is 43.7 Å². The highest BCUT2D eigenvalue weighted by molar-refractivity contribution is 5.91. The molecule has 4 nitrogen and oxygen atoms in total. The van der Waals surface area contributed by atoms with Crippen LogP contribution in [0.2, 0.25) is 0 Å². The zero-order valence-electron chi connectivity index (χ0n) is 15.4. The number of nitrogens with zero attached hydrogens (tertiary/aromatic N) is 2. The molecule has 0 spiro atoms. The summed E-state index contributed by atoms with van der Waals surface area (Å²) in [5.41, 5.74) is 7.01. The van der Waals surface area contributed by atoms with Gasteiger partial charge in [0.25, 0.3) is 0 Å². The Morgan fingerprint density at radius 2 is 2.23 bits per heavy atom. The van der Waals surface area contributed by atoms with Gasteiger partial charge >= 0.3 is 0 Å². The summed E-state index contributed by atoms with van der Waals surface area (Å²) in [5.74, 6) is 0.602. The lowest BCUT2D eigenvalue weighted by Gasteiger charge is -2.22. The molecule has 1 unspecified atom stereocenters. The van der Waals surface area contributed by atoms with Gasteiger partial charge in [-0.2, -0.15) is 5.26 Å². The zero-order chi connectivity index (χ0) is 17.9. The van der Waals surface area contributed by atoms with Crippen LogP contribution in [-0.2, 0) is 0 Å². The van der Waals surface area contributed by atoms with E-state index in [1.807, 2.05) is 6.07 Å². The van der Waals surface area contributed by atoms with Crippen LogP contribution < -0.4 is 10.6 Å². The van der Waals surface area contributed by atoms with Gasteiger partial charge in [-0.1, -0.05) is 17.7 Å². The zero-order valence-corrected chi connectivity index (χ0v) is 15.4. The minimum Gasteiger partial charge on any atom is -0.310 e. The van der Waals surface area contributed by atoms with E-state index in [1.54, 1.807) is 0 Å². The number of aliphatic imine (C=N–C) groups is 1. The Morgan fingerprint density at radius 1 is 1.35 bits per heavy atom. The van der Waals surface area contributed by atoms with Gasteiger partial charge in [0.05, 0.1) is 17.3 Å². The van der Waals surface area contributed by atoms with Crippen LogP contribution >= 0.6 is 0 Å². The van der Waals surface area contributed by atoms with Crippen molar-refractivity contribution >= 4 is 11.4 Å². The summed E-state index contributed by atoms with van der Waals surface area (Å²) in [5, 5.41) is 16.3. The molecule has 1 aliphatic carbocycles. The lowest BCUT2D eigenvalue weighted by atomic mass is 9.95. The first-order valence-electron chi connectivity index (χ1n) is 9.65. The van der Waals surface area contributed by atoms with Crippen molar-refractivity contribution in [2.45, 2.75) is 44.6 Å². The van der Waals surface area contributed by atoms with Crippen LogP contribution in [0, 0.1) is 11.3 Å². The van der Waals surface area contributed by atoms with Gasteiger partial charge in [-0.25, -0.2) is 0 Å². The summed E-state index contributed by atoms with van der Waals surface area (Å²) in [6.45, 7) is 5.16.